The molecule has 1 aromatic heterocycles. The first-order chi connectivity index (χ1) is 10.3. The number of hydrogen-bond donors (Lipinski definition) is 0. The lowest BCUT2D eigenvalue weighted by molar-refractivity contribution is 0.296. The Bertz CT molecular complexity index is 473. The Morgan fingerprint density at radius 3 is 2.86 bits per heavy atom. The third-order valence-corrected chi connectivity index (χ3v) is 4.33. The zero-order valence-electron chi connectivity index (χ0n) is 13.1. The van der Waals surface area contributed by atoms with Gasteiger partial charge in [-0.2, -0.15) is 5.26 Å². The molecule has 1 aliphatic rings. The van der Waals surface area contributed by atoms with Crippen LogP contribution >= 0.6 is 0 Å². The molecule has 0 spiro atoms. The van der Waals surface area contributed by atoms with Crippen molar-refractivity contribution in [2.75, 3.05) is 6.61 Å². The van der Waals surface area contributed by atoms with E-state index in [-0.39, 0.29) is 0 Å². The normalized spacial score (nSPS) is 15.6. The van der Waals surface area contributed by atoms with Gasteiger partial charge in [-0.3, -0.25) is 0 Å². The van der Waals surface area contributed by atoms with Gasteiger partial charge >= 0.3 is 0 Å². The molecule has 1 aliphatic carbocycles. The summed E-state index contributed by atoms with van der Waals surface area (Å²) in [4.78, 5) is 4.34. The van der Waals surface area contributed by atoms with Crippen LogP contribution in [0.1, 0.15) is 69.4 Å². The van der Waals surface area contributed by atoms with Gasteiger partial charge in [0.25, 0.3) is 0 Å². The largest absolute Gasteiger partial charge is 0.477 e. The monoisotopic (exact) mass is 286 g/mol. The van der Waals surface area contributed by atoms with Gasteiger partial charge in [0.2, 0.25) is 5.88 Å². The molecule has 0 unspecified atom stereocenters. The van der Waals surface area contributed by atoms with Crippen LogP contribution in [0.2, 0.25) is 0 Å². The topological polar surface area (TPSA) is 45.9 Å². The van der Waals surface area contributed by atoms with Crippen molar-refractivity contribution in [3.63, 3.8) is 0 Å². The Morgan fingerprint density at radius 2 is 2.14 bits per heavy atom. The number of nitrogens with zero attached hydrogens (tertiary/aromatic N) is 2. The predicted octanol–water partition coefficient (Wildman–Crippen LogP) is 4.65. The van der Waals surface area contributed by atoms with Crippen molar-refractivity contribution in [2.45, 2.75) is 64.7 Å². The molecule has 3 heteroatoms. The van der Waals surface area contributed by atoms with Gasteiger partial charge in [-0.1, -0.05) is 45.4 Å². The highest BCUT2D eigenvalue weighted by Gasteiger charge is 2.14. The van der Waals surface area contributed by atoms with Crippen LogP contribution in [0.15, 0.2) is 12.3 Å². The lowest BCUT2D eigenvalue weighted by Gasteiger charge is -2.21. The summed E-state index contributed by atoms with van der Waals surface area (Å²) in [7, 11) is 0. The minimum absolute atomic E-state index is 0.493. The van der Waals surface area contributed by atoms with Crippen molar-refractivity contribution in [2.24, 2.45) is 5.92 Å². The number of rotatable bonds is 7. The average molecular weight is 286 g/mol. The Morgan fingerprint density at radius 1 is 1.33 bits per heavy atom. The first kappa shape index (κ1) is 15.8. The Labute approximate surface area is 128 Å². The minimum Gasteiger partial charge on any atom is -0.477 e. The maximum Gasteiger partial charge on any atom is 0.231 e. The van der Waals surface area contributed by atoms with E-state index >= 15 is 0 Å². The average Bonchev–Trinajstić information content (AvgIpc) is 2.55. The molecular weight excluding hydrogens is 260 g/mol. The van der Waals surface area contributed by atoms with Gasteiger partial charge in [-0.05, 0) is 36.8 Å². The molecule has 2 rings (SSSR count). The highest BCUT2D eigenvalue weighted by molar-refractivity contribution is 5.40. The molecule has 1 heterocycles. The van der Waals surface area contributed by atoms with E-state index < -0.39 is 0 Å². The number of ether oxygens (including phenoxy) is 1. The summed E-state index contributed by atoms with van der Waals surface area (Å²) in [6, 6.07) is 4.17. The van der Waals surface area contributed by atoms with E-state index in [4.69, 9.17) is 4.74 Å². The number of aromatic nitrogens is 1. The molecule has 0 N–H and O–H groups in total. The zero-order chi connectivity index (χ0) is 14.9. The summed E-state index contributed by atoms with van der Waals surface area (Å²) >= 11 is 0. The standard InChI is InChI=1S/C18H26N2O/c1-2-3-11-21-18-17(13-19)12-16(14-20-18)10-9-15-7-5-4-6-8-15/h12,14-15H,2-11H2,1H3. The SMILES string of the molecule is CCCCOc1ncc(CCC2CCCCC2)cc1C#N. The number of hydrogen-bond acceptors (Lipinski definition) is 3. The molecule has 0 aliphatic heterocycles. The second kappa shape index (κ2) is 8.67. The smallest absolute Gasteiger partial charge is 0.231 e. The lowest BCUT2D eigenvalue weighted by atomic mass is 9.85. The van der Waals surface area contributed by atoms with Crippen molar-refractivity contribution in [1.29, 1.82) is 5.26 Å². The first-order valence-corrected chi connectivity index (χ1v) is 8.35. The lowest BCUT2D eigenvalue weighted by Crippen LogP contribution is -2.07. The highest BCUT2D eigenvalue weighted by Crippen LogP contribution is 2.28. The number of unbranched alkanes of at least 4 members (excludes halogenated alkanes) is 1. The summed E-state index contributed by atoms with van der Waals surface area (Å²) < 4.78 is 5.58. The molecule has 0 aromatic carbocycles. The van der Waals surface area contributed by atoms with Crippen LogP contribution in [-0.4, -0.2) is 11.6 Å². The molecule has 114 valence electrons. The second-order valence-corrected chi connectivity index (χ2v) is 6.05. The molecule has 1 fully saturated rings. The number of pyridine rings is 1. The van der Waals surface area contributed by atoms with Crippen LogP contribution in [0.5, 0.6) is 5.88 Å². The second-order valence-electron chi connectivity index (χ2n) is 6.05. The van der Waals surface area contributed by atoms with Crippen molar-refractivity contribution < 1.29 is 4.74 Å². The minimum atomic E-state index is 0.493. The van der Waals surface area contributed by atoms with Crippen molar-refractivity contribution in [1.82, 2.24) is 4.98 Å². The molecule has 0 saturated heterocycles. The summed E-state index contributed by atoms with van der Waals surface area (Å²) in [5.74, 6) is 1.36. The molecule has 3 nitrogen and oxygen atoms in total. The molecule has 0 amide bonds. The van der Waals surface area contributed by atoms with Crippen molar-refractivity contribution in [3.05, 3.63) is 23.4 Å². The third-order valence-electron chi connectivity index (χ3n) is 4.33. The van der Waals surface area contributed by atoms with Crippen LogP contribution in [0.25, 0.3) is 0 Å². The van der Waals surface area contributed by atoms with E-state index in [9.17, 15) is 5.26 Å². The molecule has 0 bridgehead atoms. The fourth-order valence-electron chi connectivity index (χ4n) is 2.99. The van der Waals surface area contributed by atoms with Gasteiger partial charge in [-0.15, -0.1) is 0 Å². The van der Waals surface area contributed by atoms with E-state index in [2.05, 4.69) is 18.0 Å². The third kappa shape index (κ3) is 5.04. The molecule has 1 saturated carbocycles. The summed E-state index contributed by atoms with van der Waals surface area (Å²) in [5.41, 5.74) is 1.74. The van der Waals surface area contributed by atoms with Crippen LogP contribution in [0.4, 0.5) is 0 Å². The van der Waals surface area contributed by atoms with Gasteiger partial charge in [0.05, 0.1) is 6.61 Å². The maximum atomic E-state index is 9.25. The van der Waals surface area contributed by atoms with Gasteiger partial charge < -0.3 is 4.74 Å². The van der Waals surface area contributed by atoms with Gasteiger partial charge in [-0.25, -0.2) is 4.98 Å². The first-order valence-electron chi connectivity index (χ1n) is 8.35. The number of aryl methyl sites for hydroxylation is 1. The van der Waals surface area contributed by atoms with E-state index in [1.165, 1.54) is 44.1 Å². The molecule has 0 atom stereocenters. The summed E-state index contributed by atoms with van der Waals surface area (Å²) in [6.07, 6.45) is 13.1. The summed E-state index contributed by atoms with van der Waals surface area (Å²) in [5, 5.41) is 9.25. The van der Waals surface area contributed by atoms with Crippen molar-refractivity contribution in [3.8, 4) is 11.9 Å². The van der Waals surface area contributed by atoms with E-state index in [0.29, 0.717) is 18.1 Å². The molecule has 21 heavy (non-hydrogen) atoms. The zero-order valence-corrected chi connectivity index (χ0v) is 13.1. The van der Waals surface area contributed by atoms with Gasteiger partial charge in [0.1, 0.15) is 11.6 Å². The summed E-state index contributed by atoms with van der Waals surface area (Å²) in [6.45, 7) is 2.76. The Kier molecular flexibility index (Phi) is 6.53. The maximum absolute atomic E-state index is 9.25. The predicted molar refractivity (Wildman–Crippen MR) is 84.3 cm³/mol. The molecular formula is C18H26N2O. The van der Waals surface area contributed by atoms with Crippen molar-refractivity contribution >= 4 is 0 Å². The molecule has 0 radical (unpaired) electrons. The van der Waals surface area contributed by atoms with E-state index in [0.717, 1.165) is 25.2 Å². The van der Waals surface area contributed by atoms with Gasteiger partial charge in [0, 0.05) is 6.20 Å². The fraction of sp³-hybridized carbons (Fsp3) is 0.667. The Balaban J connectivity index is 1.90. The quantitative estimate of drug-likeness (QED) is 0.686. The van der Waals surface area contributed by atoms with Crippen LogP contribution in [0, 0.1) is 17.2 Å². The van der Waals surface area contributed by atoms with Gasteiger partial charge in [0.15, 0.2) is 0 Å². The highest BCUT2D eigenvalue weighted by atomic mass is 16.5. The Hall–Kier alpha value is -1.56. The van der Waals surface area contributed by atoms with E-state index in [1.54, 1.807) is 0 Å². The van der Waals surface area contributed by atoms with Crippen LogP contribution in [-0.2, 0) is 6.42 Å². The van der Waals surface area contributed by atoms with Crippen LogP contribution in [0.3, 0.4) is 0 Å². The molecule has 1 aromatic rings. The van der Waals surface area contributed by atoms with E-state index in [1.807, 2.05) is 12.3 Å². The van der Waals surface area contributed by atoms with Crippen LogP contribution < -0.4 is 4.74 Å². The number of nitriles is 1. The fourth-order valence-corrected chi connectivity index (χ4v) is 2.99.